The first-order chi connectivity index (χ1) is 14.4. The van der Waals surface area contributed by atoms with Gasteiger partial charge in [-0.15, -0.1) is 11.3 Å². The number of sulfonamides is 1. The number of ether oxygens (including phenoxy) is 1. The Balaban J connectivity index is 1.42. The summed E-state index contributed by atoms with van der Waals surface area (Å²) in [6, 6.07) is 10.2. The topological polar surface area (TPSA) is 87.2 Å². The van der Waals surface area contributed by atoms with Crippen molar-refractivity contribution in [2.24, 2.45) is 0 Å². The molecule has 2 amide bonds. The number of rotatable bonds is 4. The summed E-state index contributed by atoms with van der Waals surface area (Å²) in [6.07, 6.45) is 0.192. The van der Waals surface area contributed by atoms with Crippen LogP contribution in [0, 0.1) is 0 Å². The molecule has 0 aliphatic carbocycles. The fraction of sp³-hybridized carbons (Fsp3) is 0.368. The molecule has 3 heterocycles. The lowest BCUT2D eigenvalue weighted by atomic mass is 10.2. The minimum Gasteiger partial charge on any atom is -0.491 e. The third-order valence-electron chi connectivity index (χ3n) is 5.06. The highest BCUT2D eigenvalue weighted by molar-refractivity contribution is 7.91. The number of benzene rings is 1. The van der Waals surface area contributed by atoms with Gasteiger partial charge in [-0.1, -0.05) is 23.7 Å². The predicted octanol–water partition coefficient (Wildman–Crippen LogP) is 2.05. The maximum atomic E-state index is 12.9. The first-order valence-electron chi connectivity index (χ1n) is 9.42. The third kappa shape index (κ3) is 4.18. The van der Waals surface area contributed by atoms with Crippen molar-refractivity contribution in [2.45, 2.75) is 10.6 Å². The van der Waals surface area contributed by atoms with Gasteiger partial charge in [0.2, 0.25) is 11.8 Å². The van der Waals surface area contributed by atoms with Crippen molar-refractivity contribution in [1.29, 1.82) is 0 Å². The zero-order valence-corrected chi connectivity index (χ0v) is 18.4. The van der Waals surface area contributed by atoms with Gasteiger partial charge in [-0.3, -0.25) is 14.5 Å². The average Bonchev–Trinajstić information content (AvgIpc) is 3.13. The van der Waals surface area contributed by atoms with Gasteiger partial charge in [-0.25, -0.2) is 8.42 Å². The largest absolute Gasteiger partial charge is 0.491 e. The van der Waals surface area contributed by atoms with Gasteiger partial charge in [0, 0.05) is 26.2 Å². The molecule has 30 heavy (non-hydrogen) atoms. The van der Waals surface area contributed by atoms with E-state index in [1.54, 1.807) is 29.2 Å². The highest BCUT2D eigenvalue weighted by Crippen LogP contribution is 2.31. The summed E-state index contributed by atoms with van der Waals surface area (Å²) in [5.41, 5.74) is 0.573. The van der Waals surface area contributed by atoms with Crippen LogP contribution in [0.4, 0.5) is 5.69 Å². The van der Waals surface area contributed by atoms with Crippen LogP contribution in [-0.4, -0.2) is 68.8 Å². The zero-order chi connectivity index (χ0) is 21.3. The lowest BCUT2D eigenvalue weighted by molar-refractivity contribution is -0.132. The minimum atomic E-state index is -3.62. The Kier molecular flexibility index (Phi) is 6.01. The molecule has 0 saturated carbocycles. The van der Waals surface area contributed by atoms with E-state index in [2.05, 4.69) is 0 Å². The van der Waals surface area contributed by atoms with Crippen LogP contribution < -0.4 is 9.64 Å². The Morgan fingerprint density at radius 3 is 2.53 bits per heavy atom. The van der Waals surface area contributed by atoms with E-state index in [-0.39, 0.29) is 61.8 Å². The molecule has 0 radical (unpaired) electrons. The average molecular weight is 470 g/mol. The summed E-state index contributed by atoms with van der Waals surface area (Å²) >= 11 is 6.88. The van der Waals surface area contributed by atoms with Crippen molar-refractivity contribution < 1.29 is 22.7 Å². The van der Waals surface area contributed by atoms with Crippen LogP contribution in [0.15, 0.2) is 40.6 Å². The summed E-state index contributed by atoms with van der Waals surface area (Å²) in [6.45, 7) is 1.07. The van der Waals surface area contributed by atoms with E-state index in [0.29, 0.717) is 15.8 Å². The second-order valence-electron chi connectivity index (χ2n) is 6.89. The molecule has 4 rings (SSSR count). The monoisotopic (exact) mass is 469 g/mol. The van der Waals surface area contributed by atoms with Crippen LogP contribution in [-0.2, 0) is 19.6 Å². The number of carbonyl (C=O) groups is 2. The predicted molar refractivity (Wildman–Crippen MR) is 114 cm³/mol. The van der Waals surface area contributed by atoms with Gasteiger partial charge in [-0.05, 0) is 24.3 Å². The summed E-state index contributed by atoms with van der Waals surface area (Å²) in [4.78, 5) is 28.4. The maximum Gasteiger partial charge on any atom is 0.252 e. The van der Waals surface area contributed by atoms with Crippen molar-refractivity contribution >= 4 is 50.5 Å². The van der Waals surface area contributed by atoms with E-state index in [4.69, 9.17) is 16.3 Å². The molecule has 2 aliphatic heterocycles. The first kappa shape index (κ1) is 21.1. The second-order valence-corrected chi connectivity index (χ2v) is 10.8. The quantitative estimate of drug-likeness (QED) is 0.684. The van der Waals surface area contributed by atoms with Crippen LogP contribution in [0.2, 0.25) is 4.34 Å². The third-order valence-corrected chi connectivity index (χ3v) is 8.66. The van der Waals surface area contributed by atoms with Crippen molar-refractivity contribution in [2.75, 3.05) is 44.2 Å². The molecule has 0 bridgehead atoms. The summed E-state index contributed by atoms with van der Waals surface area (Å²) < 4.78 is 33.0. The molecule has 11 heteroatoms. The second kappa shape index (κ2) is 8.54. The Hall–Kier alpha value is -2.14. The highest BCUT2D eigenvalue weighted by atomic mass is 35.5. The SMILES string of the molecule is O=C(CN1C(=O)CCOc2ccccc21)N1CCN(S(=O)(=O)c2ccc(Cl)s2)CC1. The van der Waals surface area contributed by atoms with Gasteiger partial charge in [0.25, 0.3) is 10.0 Å². The summed E-state index contributed by atoms with van der Waals surface area (Å²) in [5, 5.41) is 0. The van der Waals surface area contributed by atoms with E-state index < -0.39 is 10.0 Å². The highest BCUT2D eigenvalue weighted by Gasteiger charge is 2.33. The summed E-state index contributed by atoms with van der Waals surface area (Å²) in [5.74, 6) is 0.169. The summed E-state index contributed by atoms with van der Waals surface area (Å²) in [7, 11) is -3.62. The van der Waals surface area contributed by atoms with Gasteiger partial charge in [0.05, 0.1) is 23.1 Å². The number of fused-ring (bicyclic) bond motifs is 1. The lowest BCUT2D eigenvalue weighted by Gasteiger charge is -2.34. The molecule has 2 aromatic rings. The molecule has 1 aromatic heterocycles. The number of amides is 2. The van der Waals surface area contributed by atoms with Gasteiger partial charge in [0.15, 0.2) is 0 Å². The Morgan fingerprint density at radius 1 is 1.10 bits per heavy atom. The Bertz CT molecular complexity index is 1060. The molecule has 1 fully saturated rings. The molecule has 8 nitrogen and oxygen atoms in total. The van der Waals surface area contributed by atoms with Crippen LogP contribution in [0.5, 0.6) is 5.75 Å². The molecular formula is C19H20ClN3O5S2. The number of para-hydroxylation sites is 2. The van der Waals surface area contributed by atoms with Gasteiger partial charge in [-0.2, -0.15) is 4.31 Å². The number of carbonyl (C=O) groups excluding carboxylic acids is 2. The smallest absolute Gasteiger partial charge is 0.252 e. The number of halogens is 1. The molecule has 0 atom stereocenters. The van der Waals surface area contributed by atoms with Crippen molar-refractivity contribution in [1.82, 2.24) is 9.21 Å². The van der Waals surface area contributed by atoms with E-state index >= 15 is 0 Å². The number of thiophene rings is 1. The number of piperazine rings is 1. The molecule has 160 valence electrons. The molecule has 2 aliphatic rings. The van der Waals surface area contributed by atoms with Crippen molar-refractivity contribution in [3.63, 3.8) is 0 Å². The molecule has 0 unspecified atom stereocenters. The Labute approximate surface area is 183 Å². The van der Waals surface area contributed by atoms with Crippen LogP contribution in [0.1, 0.15) is 6.42 Å². The number of hydrogen-bond donors (Lipinski definition) is 0. The lowest BCUT2D eigenvalue weighted by Crippen LogP contribution is -2.53. The van der Waals surface area contributed by atoms with Crippen molar-refractivity contribution in [3.05, 3.63) is 40.7 Å². The number of anilines is 1. The van der Waals surface area contributed by atoms with Crippen LogP contribution >= 0.6 is 22.9 Å². The zero-order valence-electron chi connectivity index (χ0n) is 16.0. The van der Waals surface area contributed by atoms with Crippen molar-refractivity contribution in [3.8, 4) is 5.75 Å². The molecule has 1 saturated heterocycles. The van der Waals surface area contributed by atoms with E-state index in [1.807, 2.05) is 6.07 Å². The van der Waals surface area contributed by atoms with Gasteiger partial charge in [0.1, 0.15) is 16.5 Å². The number of hydrogen-bond acceptors (Lipinski definition) is 6. The molecule has 0 N–H and O–H groups in total. The Morgan fingerprint density at radius 2 is 1.83 bits per heavy atom. The standard InChI is InChI=1S/C19H20ClN3O5S2/c20-16-5-6-19(29-16)30(26,27)22-10-8-21(9-11-22)18(25)13-23-14-3-1-2-4-15(14)28-12-7-17(23)24/h1-6H,7-13H2. The minimum absolute atomic E-state index is 0.105. The van der Waals surface area contributed by atoms with Gasteiger partial charge >= 0.3 is 0 Å². The fourth-order valence-electron chi connectivity index (χ4n) is 3.47. The van der Waals surface area contributed by atoms with Crippen LogP contribution in [0.25, 0.3) is 0 Å². The van der Waals surface area contributed by atoms with E-state index in [9.17, 15) is 18.0 Å². The first-order valence-corrected chi connectivity index (χ1v) is 12.0. The maximum absolute atomic E-state index is 12.9. The normalized spacial score (nSPS) is 18.0. The number of nitrogens with zero attached hydrogens (tertiary/aromatic N) is 3. The molecular weight excluding hydrogens is 450 g/mol. The van der Waals surface area contributed by atoms with Crippen LogP contribution in [0.3, 0.4) is 0 Å². The molecule has 1 aromatic carbocycles. The molecule has 0 spiro atoms. The fourth-order valence-corrected chi connectivity index (χ4v) is 6.53. The van der Waals surface area contributed by atoms with E-state index in [0.717, 1.165) is 11.3 Å². The van der Waals surface area contributed by atoms with E-state index in [1.165, 1.54) is 15.3 Å². The van der Waals surface area contributed by atoms with Gasteiger partial charge < -0.3 is 9.64 Å².